The van der Waals surface area contributed by atoms with Gasteiger partial charge in [0, 0.05) is 17.8 Å². The summed E-state index contributed by atoms with van der Waals surface area (Å²) in [6.07, 6.45) is 5.71. The van der Waals surface area contributed by atoms with Crippen LogP contribution in [0, 0.1) is 5.82 Å². The molecule has 4 heteroatoms. The highest BCUT2D eigenvalue weighted by Crippen LogP contribution is 2.32. The van der Waals surface area contributed by atoms with Gasteiger partial charge >= 0.3 is 0 Å². The third-order valence-electron chi connectivity index (χ3n) is 3.59. The van der Waals surface area contributed by atoms with Gasteiger partial charge in [-0.05, 0) is 42.0 Å². The van der Waals surface area contributed by atoms with Crippen molar-refractivity contribution in [1.82, 2.24) is 11.1 Å². The lowest BCUT2D eigenvalue weighted by molar-refractivity contribution is 0.576. The summed E-state index contributed by atoms with van der Waals surface area (Å²) in [6, 6.07) is 7.98. The number of aromatic nitrogens is 1. The molecule has 19 heavy (non-hydrogen) atoms. The summed E-state index contributed by atoms with van der Waals surface area (Å²) in [7, 11) is 0. The number of pyridine rings is 1. The fourth-order valence-electron chi connectivity index (χ4n) is 2.66. The molecule has 5 N–H and O–H groups in total. The first-order chi connectivity index (χ1) is 8.75. The molecule has 0 bridgehead atoms. The van der Waals surface area contributed by atoms with Gasteiger partial charge in [-0.3, -0.25) is 4.98 Å². The molecule has 0 unspecified atom stereocenters. The molecular formula is C15H18FN3. The first-order valence-electron chi connectivity index (χ1n) is 6.22. The van der Waals surface area contributed by atoms with Crippen LogP contribution in [0.5, 0.6) is 0 Å². The van der Waals surface area contributed by atoms with Crippen molar-refractivity contribution in [3.8, 4) is 11.1 Å². The summed E-state index contributed by atoms with van der Waals surface area (Å²) in [4.78, 5) is 3.80. The van der Waals surface area contributed by atoms with Crippen molar-refractivity contribution in [3.05, 3.63) is 53.6 Å². The fourth-order valence-corrected chi connectivity index (χ4v) is 2.66. The van der Waals surface area contributed by atoms with E-state index in [-0.39, 0.29) is 18.0 Å². The lowest BCUT2D eigenvalue weighted by Gasteiger charge is -2.24. The second kappa shape index (κ2) is 5.47. The standard InChI is InChI=1S/C15H15FN2.H3N/c16-15-9-18-7-6-13(15)12-3-1-2-10-4-5-11(17)8-14(10)12;/h1-3,6-7,9,11H,4-5,8,17H2;1H3/t11-;/m1./s1. The third kappa shape index (κ3) is 2.50. The monoisotopic (exact) mass is 259 g/mol. The van der Waals surface area contributed by atoms with Crippen LogP contribution in [0.4, 0.5) is 4.39 Å². The van der Waals surface area contributed by atoms with Gasteiger partial charge in [0.1, 0.15) is 5.82 Å². The zero-order valence-electron chi connectivity index (χ0n) is 10.8. The molecule has 3 rings (SSSR count). The van der Waals surface area contributed by atoms with Crippen LogP contribution < -0.4 is 11.9 Å². The van der Waals surface area contributed by atoms with Gasteiger partial charge in [-0.15, -0.1) is 0 Å². The van der Waals surface area contributed by atoms with Gasteiger partial charge in [0.2, 0.25) is 0 Å². The SMILES string of the molecule is N.N[C@@H]1CCc2cccc(-c3ccncc3F)c2C1. The second-order valence-electron chi connectivity index (χ2n) is 4.80. The topological polar surface area (TPSA) is 73.9 Å². The van der Waals surface area contributed by atoms with E-state index in [4.69, 9.17) is 5.73 Å². The van der Waals surface area contributed by atoms with Crippen LogP contribution in [0.3, 0.4) is 0 Å². The van der Waals surface area contributed by atoms with Crippen LogP contribution in [0.15, 0.2) is 36.7 Å². The minimum absolute atomic E-state index is 0. The van der Waals surface area contributed by atoms with Crippen molar-refractivity contribution in [3.63, 3.8) is 0 Å². The highest BCUT2D eigenvalue weighted by molar-refractivity contribution is 5.69. The van der Waals surface area contributed by atoms with E-state index >= 15 is 0 Å². The Bertz CT molecular complexity index is 583. The van der Waals surface area contributed by atoms with Gasteiger partial charge in [0.25, 0.3) is 0 Å². The first-order valence-corrected chi connectivity index (χ1v) is 6.22. The zero-order chi connectivity index (χ0) is 12.5. The Kier molecular flexibility index (Phi) is 3.93. The van der Waals surface area contributed by atoms with Crippen molar-refractivity contribution in [2.75, 3.05) is 0 Å². The molecule has 0 saturated carbocycles. The number of nitrogens with zero attached hydrogens (tertiary/aromatic N) is 1. The average molecular weight is 259 g/mol. The lowest BCUT2D eigenvalue weighted by Crippen LogP contribution is -2.28. The minimum Gasteiger partial charge on any atom is -0.344 e. The molecule has 0 aliphatic heterocycles. The average Bonchev–Trinajstić information content (AvgIpc) is 2.39. The predicted octanol–water partition coefficient (Wildman–Crippen LogP) is 2.87. The quantitative estimate of drug-likeness (QED) is 0.827. The molecule has 100 valence electrons. The fraction of sp³-hybridized carbons (Fsp3) is 0.267. The summed E-state index contributed by atoms with van der Waals surface area (Å²) in [5, 5.41) is 0. The van der Waals surface area contributed by atoms with E-state index in [1.54, 1.807) is 12.3 Å². The Morgan fingerprint density at radius 3 is 2.84 bits per heavy atom. The minimum atomic E-state index is -0.273. The van der Waals surface area contributed by atoms with E-state index in [2.05, 4.69) is 11.1 Å². The summed E-state index contributed by atoms with van der Waals surface area (Å²) in [5.74, 6) is -0.273. The normalized spacial score (nSPS) is 17.5. The van der Waals surface area contributed by atoms with E-state index in [0.717, 1.165) is 24.8 Å². The Morgan fingerprint density at radius 1 is 1.21 bits per heavy atom. The molecule has 1 aromatic heterocycles. The highest BCUT2D eigenvalue weighted by Gasteiger charge is 2.19. The Labute approximate surface area is 112 Å². The number of hydrogen-bond donors (Lipinski definition) is 2. The largest absolute Gasteiger partial charge is 0.344 e. The van der Waals surface area contributed by atoms with Gasteiger partial charge in [0.05, 0.1) is 6.20 Å². The maximum Gasteiger partial charge on any atom is 0.149 e. The van der Waals surface area contributed by atoms with Crippen LogP contribution in [0.2, 0.25) is 0 Å². The molecule has 2 aromatic rings. The van der Waals surface area contributed by atoms with Crippen LogP contribution in [-0.2, 0) is 12.8 Å². The summed E-state index contributed by atoms with van der Waals surface area (Å²) < 4.78 is 13.8. The molecule has 0 amide bonds. The van der Waals surface area contributed by atoms with Crippen LogP contribution in [-0.4, -0.2) is 11.0 Å². The number of hydrogen-bond acceptors (Lipinski definition) is 3. The van der Waals surface area contributed by atoms with E-state index in [0.29, 0.717) is 5.56 Å². The third-order valence-corrected chi connectivity index (χ3v) is 3.59. The van der Waals surface area contributed by atoms with Crippen molar-refractivity contribution >= 4 is 0 Å². The van der Waals surface area contributed by atoms with Crippen LogP contribution in [0.1, 0.15) is 17.5 Å². The van der Waals surface area contributed by atoms with Crippen LogP contribution in [0.25, 0.3) is 11.1 Å². The van der Waals surface area contributed by atoms with E-state index in [1.807, 2.05) is 12.1 Å². The molecule has 0 spiro atoms. The maximum atomic E-state index is 13.8. The smallest absolute Gasteiger partial charge is 0.149 e. The zero-order valence-corrected chi connectivity index (χ0v) is 10.8. The first kappa shape index (κ1) is 13.6. The molecule has 0 fully saturated rings. The van der Waals surface area contributed by atoms with E-state index in [1.165, 1.54) is 17.3 Å². The number of benzene rings is 1. The van der Waals surface area contributed by atoms with Gasteiger partial charge in [-0.25, -0.2) is 4.39 Å². The van der Waals surface area contributed by atoms with Gasteiger partial charge < -0.3 is 11.9 Å². The van der Waals surface area contributed by atoms with Crippen molar-refractivity contribution in [2.45, 2.75) is 25.3 Å². The van der Waals surface area contributed by atoms with Crippen molar-refractivity contribution in [1.29, 1.82) is 0 Å². The Hall–Kier alpha value is -1.78. The Balaban J connectivity index is 0.00000133. The lowest BCUT2D eigenvalue weighted by atomic mass is 9.84. The van der Waals surface area contributed by atoms with Gasteiger partial charge in [-0.1, -0.05) is 18.2 Å². The van der Waals surface area contributed by atoms with Gasteiger partial charge in [0.15, 0.2) is 0 Å². The second-order valence-corrected chi connectivity index (χ2v) is 4.80. The summed E-state index contributed by atoms with van der Waals surface area (Å²) in [6.45, 7) is 0. The van der Waals surface area contributed by atoms with Crippen molar-refractivity contribution < 1.29 is 4.39 Å². The van der Waals surface area contributed by atoms with Crippen molar-refractivity contribution in [2.24, 2.45) is 5.73 Å². The predicted molar refractivity (Wildman–Crippen MR) is 74.7 cm³/mol. The molecule has 0 radical (unpaired) electrons. The molecule has 1 aliphatic carbocycles. The maximum absolute atomic E-state index is 13.8. The van der Waals surface area contributed by atoms with Crippen LogP contribution >= 0.6 is 0 Å². The number of halogens is 1. The molecule has 3 nitrogen and oxygen atoms in total. The van der Waals surface area contributed by atoms with Gasteiger partial charge in [-0.2, -0.15) is 0 Å². The molecule has 1 aliphatic rings. The Morgan fingerprint density at radius 2 is 2.05 bits per heavy atom. The number of aryl methyl sites for hydroxylation is 1. The molecular weight excluding hydrogens is 241 g/mol. The number of rotatable bonds is 1. The molecule has 1 aromatic carbocycles. The number of fused-ring (bicyclic) bond motifs is 1. The molecule has 0 saturated heterocycles. The molecule has 1 atom stereocenters. The summed E-state index contributed by atoms with van der Waals surface area (Å²) >= 11 is 0. The van der Waals surface area contributed by atoms with E-state index < -0.39 is 0 Å². The van der Waals surface area contributed by atoms with E-state index in [9.17, 15) is 4.39 Å². The summed E-state index contributed by atoms with van der Waals surface area (Å²) in [5.41, 5.74) is 10.1. The number of nitrogens with two attached hydrogens (primary N) is 1. The highest BCUT2D eigenvalue weighted by atomic mass is 19.1. The molecule has 1 heterocycles.